The second kappa shape index (κ2) is 7.80. The van der Waals surface area contributed by atoms with Crippen molar-refractivity contribution in [2.45, 2.75) is 50.0 Å². The third-order valence-corrected chi connectivity index (χ3v) is 5.72. The summed E-state index contributed by atoms with van der Waals surface area (Å²) in [7, 11) is -1.87. The van der Waals surface area contributed by atoms with Crippen molar-refractivity contribution >= 4 is 10.0 Å². The maximum atomic E-state index is 13.8. The van der Waals surface area contributed by atoms with E-state index in [4.69, 9.17) is 4.74 Å². The summed E-state index contributed by atoms with van der Waals surface area (Å²) < 4.78 is 47.1. The molecule has 0 spiro atoms. The topological polar surface area (TPSA) is 67.4 Å². The minimum Gasteiger partial charge on any atom is -0.490 e. The van der Waals surface area contributed by atoms with Crippen molar-refractivity contribution in [1.82, 2.24) is 10.0 Å². The number of hydrogen-bond donors (Lipinski definition) is 2. The Morgan fingerprint density at radius 1 is 1.33 bits per heavy atom. The molecule has 1 aliphatic rings. The van der Waals surface area contributed by atoms with Gasteiger partial charge in [0.1, 0.15) is 0 Å². The quantitative estimate of drug-likeness (QED) is 0.631. The van der Waals surface area contributed by atoms with Crippen molar-refractivity contribution in [3.63, 3.8) is 0 Å². The molecule has 0 aliphatic heterocycles. The summed E-state index contributed by atoms with van der Waals surface area (Å²) in [5, 5.41) is 3.04. The highest BCUT2D eigenvalue weighted by Crippen LogP contribution is 2.31. The lowest BCUT2D eigenvalue weighted by Crippen LogP contribution is -2.43. The van der Waals surface area contributed by atoms with Crippen molar-refractivity contribution < 1.29 is 17.5 Å². The molecule has 1 aliphatic carbocycles. The summed E-state index contributed by atoms with van der Waals surface area (Å²) in [6, 6.07) is 3.68. The molecule has 0 aromatic heterocycles. The smallest absolute Gasteiger partial charge is 0.241 e. The third-order valence-electron chi connectivity index (χ3n) is 4.02. The zero-order chi connectivity index (χ0) is 17.8. The molecule has 1 fully saturated rings. The Hall–Kier alpha value is -1.18. The number of rotatable bonds is 10. The molecule has 0 radical (unpaired) electrons. The van der Waals surface area contributed by atoms with Gasteiger partial charge >= 0.3 is 0 Å². The largest absolute Gasteiger partial charge is 0.490 e. The van der Waals surface area contributed by atoms with Crippen molar-refractivity contribution in [1.29, 1.82) is 0 Å². The molecule has 7 heteroatoms. The van der Waals surface area contributed by atoms with Crippen LogP contribution in [0.3, 0.4) is 0 Å². The summed E-state index contributed by atoms with van der Waals surface area (Å²) in [5.41, 5.74) is -0.584. The van der Waals surface area contributed by atoms with Crippen molar-refractivity contribution in [3.8, 4) is 5.75 Å². The Balaban J connectivity index is 2.08. The first kappa shape index (κ1) is 19.1. The first-order valence-corrected chi connectivity index (χ1v) is 9.83. The molecule has 1 aromatic carbocycles. The fourth-order valence-electron chi connectivity index (χ4n) is 2.43. The minimum atomic E-state index is -3.73. The molecule has 24 heavy (non-hydrogen) atoms. The third kappa shape index (κ3) is 5.72. The van der Waals surface area contributed by atoms with Gasteiger partial charge in [0.15, 0.2) is 11.6 Å². The second-order valence-electron chi connectivity index (χ2n) is 7.04. The average molecular weight is 358 g/mol. The lowest BCUT2D eigenvalue weighted by Gasteiger charge is -2.26. The van der Waals surface area contributed by atoms with E-state index in [1.54, 1.807) is 0 Å². The highest BCUT2D eigenvalue weighted by molar-refractivity contribution is 7.89. The van der Waals surface area contributed by atoms with Gasteiger partial charge in [-0.25, -0.2) is 17.5 Å². The van der Waals surface area contributed by atoms with E-state index >= 15 is 0 Å². The Bertz CT molecular complexity index is 658. The summed E-state index contributed by atoms with van der Waals surface area (Å²) in [4.78, 5) is 0.0244. The Morgan fingerprint density at radius 2 is 2.04 bits per heavy atom. The lowest BCUT2D eigenvalue weighted by atomic mass is 10.0. The number of sulfonamides is 1. The van der Waals surface area contributed by atoms with Gasteiger partial charge in [-0.1, -0.05) is 0 Å². The van der Waals surface area contributed by atoms with Crippen LogP contribution in [0.5, 0.6) is 5.75 Å². The molecule has 0 saturated heterocycles. The summed E-state index contributed by atoms with van der Waals surface area (Å²) >= 11 is 0. The van der Waals surface area contributed by atoms with Crippen LogP contribution < -0.4 is 14.8 Å². The fourth-order valence-corrected chi connectivity index (χ4v) is 3.89. The molecule has 5 nitrogen and oxygen atoms in total. The summed E-state index contributed by atoms with van der Waals surface area (Å²) in [6.07, 6.45) is 3.72. The average Bonchev–Trinajstić information content (AvgIpc) is 3.29. The maximum absolute atomic E-state index is 13.8. The SMILES string of the molecule is CNCCCC(C)(C)NS(=O)(=O)c1ccc(F)c(OCC2CC2)c1. The van der Waals surface area contributed by atoms with Crippen LogP contribution in [-0.4, -0.2) is 34.2 Å². The van der Waals surface area contributed by atoms with E-state index in [1.165, 1.54) is 12.1 Å². The monoisotopic (exact) mass is 358 g/mol. The van der Waals surface area contributed by atoms with Gasteiger partial charge in [-0.2, -0.15) is 0 Å². The van der Waals surface area contributed by atoms with Crippen LogP contribution in [0.2, 0.25) is 0 Å². The van der Waals surface area contributed by atoms with Gasteiger partial charge in [-0.05, 0) is 71.2 Å². The summed E-state index contributed by atoms with van der Waals surface area (Å²) in [6.45, 7) is 4.94. The van der Waals surface area contributed by atoms with Crippen molar-refractivity contribution in [2.75, 3.05) is 20.2 Å². The van der Waals surface area contributed by atoms with E-state index in [-0.39, 0.29) is 10.6 Å². The van der Waals surface area contributed by atoms with Gasteiger partial charge in [0.2, 0.25) is 10.0 Å². The first-order valence-electron chi connectivity index (χ1n) is 8.34. The van der Waals surface area contributed by atoms with Crippen LogP contribution in [0, 0.1) is 11.7 Å². The number of halogens is 1. The van der Waals surface area contributed by atoms with Crippen LogP contribution in [0.15, 0.2) is 23.1 Å². The Kier molecular flexibility index (Phi) is 6.22. The van der Waals surface area contributed by atoms with E-state index < -0.39 is 21.4 Å². The maximum Gasteiger partial charge on any atom is 0.241 e. The molecule has 136 valence electrons. The van der Waals surface area contributed by atoms with Crippen LogP contribution in [0.4, 0.5) is 4.39 Å². The summed E-state index contributed by atoms with van der Waals surface area (Å²) in [5.74, 6) is -0.0745. The van der Waals surface area contributed by atoms with E-state index in [2.05, 4.69) is 10.0 Å². The van der Waals surface area contributed by atoms with Gasteiger partial charge < -0.3 is 10.1 Å². The number of ether oxygens (including phenoxy) is 1. The predicted molar refractivity (Wildman–Crippen MR) is 92.2 cm³/mol. The van der Waals surface area contributed by atoms with Crippen LogP contribution >= 0.6 is 0 Å². The molecule has 0 amide bonds. The second-order valence-corrected chi connectivity index (χ2v) is 8.73. The fraction of sp³-hybridized carbons (Fsp3) is 0.647. The molecule has 0 heterocycles. The van der Waals surface area contributed by atoms with Gasteiger partial charge in [0.05, 0.1) is 11.5 Å². The Morgan fingerprint density at radius 3 is 2.67 bits per heavy atom. The molecular formula is C17H27FN2O3S. The van der Waals surface area contributed by atoms with E-state index in [9.17, 15) is 12.8 Å². The van der Waals surface area contributed by atoms with E-state index in [1.807, 2.05) is 20.9 Å². The molecule has 2 rings (SSSR count). The van der Waals surface area contributed by atoms with Gasteiger partial charge in [-0.3, -0.25) is 0 Å². The minimum absolute atomic E-state index is 0.00207. The highest BCUT2D eigenvalue weighted by Gasteiger charge is 2.27. The van der Waals surface area contributed by atoms with Crippen LogP contribution in [0.1, 0.15) is 39.5 Å². The highest BCUT2D eigenvalue weighted by atomic mass is 32.2. The van der Waals surface area contributed by atoms with Gasteiger partial charge in [0.25, 0.3) is 0 Å². The molecule has 0 unspecified atom stereocenters. The standard InChI is InChI=1S/C17H27FN2O3S/c1-17(2,9-4-10-19-3)20-24(21,22)14-7-8-15(18)16(11-14)23-12-13-5-6-13/h7-8,11,13,19-20H,4-6,9-10,12H2,1-3H3. The predicted octanol–water partition coefficient (Wildman–Crippen LogP) is 2.67. The molecule has 2 N–H and O–H groups in total. The molecule has 1 saturated carbocycles. The number of hydrogen-bond acceptors (Lipinski definition) is 4. The molecule has 0 bridgehead atoms. The number of nitrogens with one attached hydrogen (secondary N) is 2. The van der Waals surface area contributed by atoms with Gasteiger partial charge in [0, 0.05) is 11.6 Å². The van der Waals surface area contributed by atoms with Crippen LogP contribution in [0.25, 0.3) is 0 Å². The molecule has 0 atom stereocenters. The van der Waals surface area contributed by atoms with E-state index in [0.29, 0.717) is 18.9 Å². The zero-order valence-corrected chi connectivity index (χ0v) is 15.4. The van der Waals surface area contributed by atoms with E-state index in [0.717, 1.165) is 31.9 Å². The zero-order valence-electron chi connectivity index (χ0n) is 14.6. The Labute approximate surface area is 144 Å². The number of benzene rings is 1. The molecular weight excluding hydrogens is 331 g/mol. The van der Waals surface area contributed by atoms with Crippen molar-refractivity contribution in [3.05, 3.63) is 24.0 Å². The molecule has 1 aromatic rings. The van der Waals surface area contributed by atoms with Gasteiger partial charge in [-0.15, -0.1) is 0 Å². The normalized spacial score (nSPS) is 15.5. The van der Waals surface area contributed by atoms with Crippen LogP contribution in [-0.2, 0) is 10.0 Å². The first-order chi connectivity index (χ1) is 11.2. The lowest BCUT2D eigenvalue weighted by molar-refractivity contribution is 0.284. The van der Waals surface area contributed by atoms with Crippen molar-refractivity contribution in [2.24, 2.45) is 5.92 Å².